The monoisotopic (exact) mass is 508 g/mol. The molecule has 6 heteroatoms. The van der Waals surface area contributed by atoms with Gasteiger partial charge in [0.2, 0.25) is 0 Å². The van der Waals surface area contributed by atoms with Gasteiger partial charge in [0, 0.05) is 39.3 Å². The maximum absolute atomic E-state index is 12.1. The van der Waals surface area contributed by atoms with Gasteiger partial charge < -0.3 is 15.5 Å². The molecule has 0 saturated carbocycles. The molecule has 0 radical (unpaired) electrons. The number of benzene rings is 2. The molecule has 0 bridgehead atoms. The fourth-order valence-corrected chi connectivity index (χ4v) is 2.84. The van der Waals surface area contributed by atoms with Gasteiger partial charge in [0.05, 0.1) is 0 Å². The molecule has 0 aliphatic heterocycles. The van der Waals surface area contributed by atoms with Crippen molar-refractivity contribution in [2.24, 2.45) is 4.99 Å². The standard InChI is InChI=1S/C23H32N4O.HI/c1-5-24-23(25-15-13-19-11-9-18(2)10-12-19)26-16-14-20-7-6-8-21(17-20)22(28)27(3)4;/h6-12,17H,5,13-16H2,1-4H3,(H2,24,25,26);1H. The van der Waals surface area contributed by atoms with E-state index in [0.29, 0.717) is 0 Å². The van der Waals surface area contributed by atoms with E-state index in [9.17, 15) is 4.79 Å². The van der Waals surface area contributed by atoms with Crippen LogP contribution in [0.4, 0.5) is 0 Å². The fraction of sp³-hybridized carbons (Fsp3) is 0.391. The quantitative estimate of drug-likeness (QED) is 0.325. The Labute approximate surface area is 192 Å². The molecule has 1 amide bonds. The number of hydrogen-bond acceptors (Lipinski definition) is 2. The van der Waals surface area contributed by atoms with E-state index >= 15 is 0 Å². The van der Waals surface area contributed by atoms with Gasteiger partial charge in [-0.15, -0.1) is 24.0 Å². The lowest BCUT2D eigenvalue weighted by Crippen LogP contribution is -2.38. The van der Waals surface area contributed by atoms with Crippen LogP contribution in [-0.4, -0.2) is 50.5 Å². The lowest BCUT2D eigenvalue weighted by Gasteiger charge is -2.13. The fourth-order valence-electron chi connectivity index (χ4n) is 2.84. The van der Waals surface area contributed by atoms with Crippen LogP contribution in [0.5, 0.6) is 0 Å². The molecule has 0 aromatic heterocycles. The minimum atomic E-state index is 0. The maximum atomic E-state index is 12.1. The number of amides is 1. The predicted molar refractivity (Wildman–Crippen MR) is 132 cm³/mol. The summed E-state index contributed by atoms with van der Waals surface area (Å²) in [7, 11) is 3.54. The van der Waals surface area contributed by atoms with Gasteiger partial charge in [0.1, 0.15) is 0 Å². The number of guanidine groups is 1. The van der Waals surface area contributed by atoms with Crippen molar-refractivity contribution in [3.05, 3.63) is 70.8 Å². The number of halogens is 1. The number of carbonyl (C=O) groups is 1. The highest BCUT2D eigenvalue weighted by molar-refractivity contribution is 14.0. The molecule has 0 aliphatic rings. The van der Waals surface area contributed by atoms with Gasteiger partial charge in [0.15, 0.2) is 5.96 Å². The summed E-state index contributed by atoms with van der Waals surface area (Å²) < 4.78 is 0. The summed E-state index contributed by atoms with van der Waals surface area (Å²) in [6.07, 6.45) is 1.75. The lowest BCUT2D eigenvalue weighted by atomic mass is 10.1. The lowest BCUT2D eigenvalue weighted by molar-refractivity contribution is 0.0827. The Kier molecular flexibility index (Phi) is 11.3. The van der Waals surface area contributed by atoms with Crippen LogP contribution in [-0.2, 0) is 12.8 Å². The molecular formula is C23H33IN4O. The van der Waals surface area contributed by atoms with Crippen molar-refractivity contribution in [1.82, 2.24) is 15.5 Å². The average Bonchev–Trinajstić information content (AvgIpc) is 2.69. The Bertz CT molecular complexity index is 788. The van der Waals surface area contributed by atoms with Crippen LogP contribution in [0.3, 0.4) is 0 Å². The van der Waals surface area contributed by atoms with Crippen LogP contribution in [0, 0.1) is 6.92 Å². The van der Waals surface area contributed by atoms with E-state index in [0.717, 1.165) is 49.6 Å². The molecule has 2 aromatic carbocycles. The molecule has 2 rings (SSSR count). The van der Waals surface area contributed by atoms with Gasteiger partial charge in [-0.25, -0.2) is 0 Å². The van der Waals surface area contributed by atoms with Crippen LogP contribution in [0.1, 0.15) is 34.0 Å². The Morgan fingerprint density at radius 2 is 1.72 bits per heavy atom. The number of rotatable bonds is 8. The normalized spacial score (nSPS) is 10.8. The number of hydrogen-bond donors (Lipinski definition) is 2. The second-order valence-electron chi connectivity index (χ2n) is 7.07. The topological polar surface area (TPSA) is 56.7 Å². The van der Waals surface area contributed by atoms with E-state index < -0.39 is 0 Å². The first-order valence-corrected chi connectivity index (χ1v) is 9.88. The van der Waals surface area contributed by atoms with Gasteiger partial charge in [-0.05, 0) is 49.9 Å². The molecule has 2 aromatic rings. The molecule has 0 atom stereocenters. The van der Waals surface area contributed by atoms with Crippen molar-refractivity contribution in [2.75, 3.05) is 33.7 Å². The Morgan fingerprint density at radius 3 is 2.38 bits per heavy atom. The van der Waals surface area contributed by atoms with Crippen molar-refractivity contribution in [3.8, 4) is 0 Å². The zero-order valence-electron chi connectivity index (χ0n) is 17.9. The van der Waals surface area contributed by atoms with Gasteiger partial charge in [-0.1, -0.05) is 42.0 Å². The van der Waals surface area contributed by atoms with Gasteiger partial charge in [0.25, 0.3) is 5.91 Å². The number of aliphatic imine (C=N–C) groups is 1. The van der Waals surface area contributed by atoms with Crippen molar-refractivity contribution in [2.45, 2.75) is 26.7 Å². The molecule has 0 unspecified atom stereocenters. The van der Waals surface area contributed by atoms with E-state index in [2.05, 4.69) is 59.8 Å². The van der Waals surface area contributed by atoms with E-state index in [1.165, 1.54) is 11.1 Å². The Morgan fingerprint density at radius 1 is 1.00 bits per heavy atom. The number of nitrogens with zero attached hydrogens (tertiary/aromatic N) is 2. The molecular weight excluding hydrogens is 475 g/mol. The van der Waals surface area contributed by atoms with Crippen LogP contribution >= 0.6 is 24.0 Å². The number of aryl methyl sites for hydroxylation is 1. The van der Waals surface area contributed by atoms with Crippen LogP contribution in [0.15, 0.2) is 53.5 Å². The average molecular weight is 508 g/mol. The summed E-state index contributed by atoms with van der Waals surface area (Å²) in [6.45, 7) is 6.49. The third kappa shape index (κ3) is 8.85. The highest BCUT2D eigenvalue weighted by Crippen LogP contribution is 2.08. The molecule has 0 spiro atoms. The number of carbonyl (C=O) groups excluding carboxylic acids is 1. The summed E-state index contributed by atoms with van der Waals surface area (Å²) in [6, 6.07) is 16.4. The molecule has 0 fully saturated rings. The summed E-state index contributed by atoms with van der Waals surface area (Å²) >= 11 is 0. The maximum Gasteiger partial charge on any atom is 0.253 e. The zero-order chi connectivity index (χ0) is 20.4. The molecule has 0 saturated heterocycles. The summed E-state index contributed by atoms with van der Waals surface area (Å²) in [4.78, 5) is 18.4. The molecule has 2 N–H and O–H groups in total. The second-order valence-corrected chi connectivity index (χ2v) is 7.07. The minimum absolute atomic E-state index is 0. The summed E-state index contributed by atoms with van der Waals surface area (Å²) in [5, 5.41) is 6.67. The molecule has 0 heterocycles. The smallest absolute Gasteiger partial charge is 0.253 e. The SMILES string of the molecule is CCNC(=NCCc1ccc(C)cc1)NCCc1cccc(C(=O)N(C)C)c1.I. The predicted octanol–water partition coefficient (Wildman–Crippen LogP) is 3.66. The number of nitrogens with one attached hydrogen (secondary N) is 2. The first-order chi connectivity index (χ1) is 13.5. The van der Waals surface area contributed by atoms with E-state index in [4.69, 9.17) is 0 Å². The van der Waals surface area contributed by atoms with Crippen molar-refractivity contribution >= 4 is 35.8 Å². The van der Waals surface area contributed by atoms with Gasteiger partial charge in [-0.3, -0.25) is 9.79 Å². The van der Waals surface area contributed by atoms with Crippen molar-refractivity contribution in [3.63, 3.8) is 0 Å². The first kappa shape index (κ1) is 24.9. The summed E-state index contributed by atoms with van der Waals surface area (Å²) in [5.74, 6) is 0.857. The largest absolute Gasteiger partial charge is 0.357 e. The Hall–Kier alpha value is -2.09. The van der Waals surface area contributed by atoms with Crippen molar-refractivity contribution in [1.29, 1.82) is 0 Å². The van der Waals surface area contributed by atoms with Gasteiger partial charge >= 0.3 is 0 Å². The first-order valence-electron chi connectivity index (χ1n) is 9.88. The van der Waals surface area contributed by atoms with E-state index in [-0.39, 0.29) is 29.9 Å². The highest BCUT2D eigenvalue weighted by Gasteiger charge is 2.08. The molecule has 5 nitrogen and oxygen atoms in total. The van der Waals surface area contributed by atoms with Crippen molar-refractivity contribution < 1.29 is 4.79 Å². The van der Waals surface area contributed by atoms with Crippen LogP contribution in [0.25, 0.3) is 0 Å². The Balaban J connectivity index is 0.00000420. The highest BCUT2D eigenvalue weighted by atomic mass is 127. The second kappa shape index (κ2) is 13.2. The molecule has 158 valence electrons. The van der Waals surface area contributed by atoms with E-state index in [1.807, 2.05) is 18.2 Å². The molecule has 0 aliphatic carbocycles. The third-order valence-electron chi connectivity index (χ3n) is 4.42. The minimum Gasteiger partial charge on any atom is -0.357 e. The van der Waals surface area contributed by atoms with Crippen LogP contribution < -0.4 is 10.6 Å². The van der Waals surface area contributed by atoms with Crippen LogP contribution in [0.2, 0.25) is 0 Å². The molecule has 29 heavy (non-hydrogen) atoms. The van der Waals surface area contributed by atoms with E-state index in [1.54, 1.807) is 19.0 Å². The summed E-state index contributed by atoms with van der Waals surface area (Å²) in [5.41, 5.74) is 4.43. The zero-order valence-corrected chi connectivity index (χ0v) is 20.2. The van der Waals surface area contributed by atoms with Gasteiger partial charge in [-0.2, -0.15) is 0 Å². The third-order valence-corrected chi connectivity index (χ3v) is 4.42.